The molecule has 0 N–H and O–H groups in total. The lowest BCUT2D eigenvalue weighted by Gasteiger charge is -2.32. The van der Waals surface area contributed by atoms with Crippen LogP contribution >= 0.6 is 15.9 Å². The van der Waals surface area contributed by atoms with Gasteiger partial charge in [-0.2, -0.15) is 0 Å². The summed E-state index contributed by atoms with van der Waals surface area (Å²) >= 11 is 3.67. The molecule has 2 fully saturated rings. The number of fused-ring (bicyclic) bond motifs is 2. The smallest absolute Gasteiger partial charge is 0.0782 e. The molecule has 1 heterocycles. The van der Waals surface area contributed by atoms with Gasteiger partial charge in [-0.05, 0) is 32.1 Å². The van der Waals surface area contributed by atoms with Crippen LogP contribution in [0.15, 0.2) is 0 Å². The first-order chi connectivity index (χ1) is 4.71. The van der Waals surface area contributed by atoms with Crippen LogP contribution in [0.25, 0.3) is 0 Å². The predicted molar refractivity (Wildman–Crippen MR) is 44.4 cm³/mol. The van der Waals surface area contributed by atoms with Gasteiger partial charge < -0.3 is 4.74 Å². The summed E-state index contributed by atoms with van der Waals surface area (Å²) < 4.78 is 5.73. The fourth-order valence-corrected chi connectivity index (χ4v) is 2.67. The van der Waals surface area contributed by atoms with Crippen LogP contribution in [0.3, 0.4) is 0 Å². The van der Waals surface area contributed by atoms with Gasteiger partial charge in [0.2, 0.25) is 0 Å². The Morgan fingerprint density at radius 1 is 1.50 bits per heavy atom. The van der Waals surface area contributed by atoms with Gasteiger partial charge in [-0.15, -0.1) is 0 Å². The van der Waals surface area contributed by atoms with Crippen LogP contribution in [0.5, 0.6) is 0 Å². The highest BCUT2D eigenvalue weighted by molar-refractivity contribution is 9.09. The Kier molecular flexibility index (Phi) is 1.57. The van der Waals surface area contributed by atoms with Crippen LogP contribution in [-0.2, 0) is 4.74 Å². The lowest BCUT2D eigenvalue weighted by atomic mass is 9.82. The van der Waals surface area contributed by atoms with E-state index >= 15 is 0 Å². The molecule has 3 atom stereocenters. The quantitative estimate of drug-likeness (QED) is 0.551. The second-order valence-electron chi connectivity index (χ2n) is 3.74. The van der Waals surface area contributed by atoms with Gasteiger partial charge in [0.25, 0.3) is 0 Å². The maximum atomic E-state index is 5.73. The average molecular weight is 205 g/mol. The van der Waals surface area contributed by atoms with Crippen molar-refractivity contribution in [1.29, 1.82) is 0 Å². The van der Waals surface area contributed by atoms with E-state index in [9.17, 15) is 0 Å². The standard InChI is InChI=1S/C8H13BrO/c1-8-4-6(5-10-8)2-3-7(8)9/h6-7H,2-5H2,1H3. The van der Waals surface area contributed by atoms with Crippen LogP contribution < -0.4 is 0 Å². The van der Waals surface area contributed by atoms with Gasteiger partial charge in [0.1, 0.15) is 0 Å². The average Bonchev–Trinajstić information content (AvgIpc) is 2.22. The van der Waals surface area contributed by atoms with E-state index in [1.165, 1.54) is 19.3 Å². The van der Waals surface area contributed by atoms with E-state index in [2.05, 4.69) is 22.9 Å². The molecule has 0 aromatic carbocycles. The fraction of sp³-hybridized carbons (Fsp3) is 1.00. The zero-order chi connectivity index (χ0) is 7.19. The van der Waals surface area contributed by atoms with Crippen LogP contribution in [0.4, 0.5) is 0 Å². The summed E-state index contributed by atoms with van der Waals surface area (Å²) in [5.74, 6) is 0.860. The van der Waals surface area contributed by atoms with Crippen molar-refractivity contribution in [3.63, 3.8) is 0 Å². The van der Waals surface area contributed by atoms with E-state index in [1.54, 1.807) is 0 Å². The minimum absolute atomic E-state index is 0.170. The van der Waals surface area contributed by atoms with Crippen molar-refractivity contribution < 1.29 is 4.74 Å². The third-order valence-electron chi connectivity index (χ3n) is 2.83. The van der Waals surface area contributed by atoms with E-state index in [4.69, 9.17) is 4.74 Å². The highest BCUT2D eigenvalue weighted by atomic mass is 79.9. The minimum atomic E-state index is 0.170. The van der Waals surface area contributed by atoms with Crippen LogP contribution in [-0.4, -0.2) is 17.0 Å². The Balaban J connectivity index is 2.17. The van der Waals surface area contributed by atoms with Gasteiger partial charge >= 0.3 is 0 Å². The van der Waals surface area contributed by atoms with Gasteiger partial charge in [0, 0.05) is 4.83 Å². The second-order valence-corrected chi connectivity index (χ2v) is 4.84. The Hall–Kier alpha value is 0.440. The zero-order valence-corrected chi connectivity index (χ0v) is 7.86. The Morgan fingerprint density at radius 3 is 3.00 bits per heavy atom. The number of ether oxygens (including phenoxy) is 1. The van der Waals surface area contributed by atoms with Gasteiger partial charge in [0.15, 0.2) is 0 Å². The summed E-state index contributed by atoms with van der Waals surface area (Å²) in [6, 6.07) is 0. The molecule has 10 heavy (non-hydrogen) atoms. The van der Waals surface area contributed by atoms with E-state index in [0.29, 0.717) is 4.83 Å². The number of halogens is 1. The van der Waals surface area contributed by atoms with Gasteiger partial charge in [-0.25, -0.2) is 0 Å². The molecule has 0 aromatic rings. The molecule has 2 bridgehead atoms. The number of alkyl halides is 1. The van der Waals surface area contributed by atoms with E-state index in [1.807, 2.05) is 0 Å². The van der Waals surface area contributed by atoms with E-state index in [-0.39, 0.29) is 5.60 Å². The summed E-state index contributed by atoms with van der Waals surface area (Å²) in [6.45, 7) is 3.23. The molecule has 0 amide bonds. The number of hydrogen-bond donors (Lipinski definition) is 0. The minimum Gasteiger partial charge on any atom is -0.374 e. The molecular formula is C8H13BrO. The maximum absolute atomic E-state index is 5.73. The number of hydrogen-bond acceptors (Lipinski definition) is 1. The molecule has 2 heteroatoms. The highest BCUT2D eigenvalue weighted by Gasteiger charge is 2.45. The first-order valence-electron chi connectivity index (χ1n) is 3.99. The Labute approximate surface area is 70.3 Å². The summed E-state index contributed by atoms with van der Waals surface area (Å²) in [7, 11) is 0. The van der Waals surface area contributed by atoms with E-state index in [0.717, 1.165) is 12.5 Å². The highest BCUT2D eigenvalue weighted by Crippen LogP contribution is 2.44. The lowest BCUT2D eigenvalue weighted by molar-refractivity contribution is 0.0216. The van der Waals surface area contributed by atoms with Crippen molar-refractivity contribution in [2.45, 2.75) is 36.6 Å². The molecule has 2 aliphatic rings. The van der Waals surface area contributed by atoms with Crippen molar-refractivity contribution in [2.75, 3.05) is 6.61 Å². The molecule has 0 aromatic heterocycles. The van der Waals surface area contributed by atoms with Crippen molar-refractivity contribution in [3.8, 4) is 0 Å². The third kappa shape index (κ3) is 0.928. The molecule has 0 spiro atoms. The molecule has 3 unspecified atom stereocenters. The molecular weight excluding hydrogens is 192 g/mol. The molecule has 0 radical (unpaired) electrons. The van der Waals surface area contributed by atoms with Crippen LogP contribution in [0.1, 0.15) is 26.2 Å². The first kappa shape index (κ1) is 7.11. The third-order valence-corrected chi connectivity index (χ3v) is 4.26. The van der Waals surface area contributed by atoms with Crippen molar-refractivity contribution >= 4 is 15.9 Å². The molecule has 2 rings (SSSR count). The Bertz CT molecular complexity index is 146. The summed E-state index contributed by atoms with van der Waals surface area (Å²) in [4.78, 5) is 0.596. The van der Waals surface area contributed by atoms with Crippen molar-refractivity contribution in [1.82, 2.24) is 0 Å². The molecule has 1 saturated heterocycles. The van der Waals surface area contributed by atoms with Gasteiger partial charge in [-0.1, -0.05) is 15.9 Å². The molecule has 58 valence electrons. The summed E-state index contributed by atoms with van der Waals surface area (Å²) in [5.41, 5.74) is 0.170. The van der Waals surface area contributed by atoms with Gasteiger partial charge in [-0.3, -0.25) is 0 Å². The fourth-order valence-electron chi connectivity index (χ4n) is 2.09. The van der Waals surface area contributed by atoms with Crippen LogP contribution in [0.2, 0.25) is 0 Å². The van der Waals surface area contributed by atoms with E-state index < -0.39 is 0 Å². The SMILES string of the molecule is CC12CC(CCC1Br)CO2. The molecule has 1 saturated carbocycles. The lowest BCUT2D eigenvalue weighted by Crippen LogP contribution is -2.36. The molecule has 1 aliphatic heterocycles. The largest absolute Gasteiger partial charge is 0.374 e. The molecule has 1 aliphatic carbocycles. The monoisotopic (exact) mass is 204 g/mol. The summed E-state index contributed by atoms with van der Waals surface area (Å²) in [6.07, 6.45) is 3.91. The van der Waals surface area contributed by atoms with Crippen LogP contribution in [0, 0.1) is 5.92 Å². The normalized spacial score (nSPS) is 53.4. The Morgan fingerprint density at radius 2 is 2.30 bits per heavy atom. The zero-order valence-electron chi connectivity index (χ0n) is 6.27. The van der Waals surface area contributed by atoms with Crippen molar-refractivity contribution in [2.24, 2.45) is 5.92 Å². The topological polar surface area (TPSA) is 9.23 Å². The second kappa shape index (κ2) is 2.21. The first-order valence-corrected chi connectivity index (χ1v) is 4.90. The molecule has 1 nitrogen and oxygen atoms in total. The number of rotatable bonds is 0. The maximum Gasteiger partial charge on any atom is 0.0782 e. The van der Waals surface area contributed by atoms with Crippen molar-refractivity contribution in [3.05, 3.63) is 0 Å². The van der Waals surface area contributed by atoms with Gasteiger partial charge in [0.05, 0.1) is 12.2 Å². The summed E-state index contributed by atoms with van der Waals surface area (Å²) in [5, 5.41) is 0. The predicted octanol–water partition coefficient (Wildman–Crippen LogP) is 2.34.